The van der Waals surface area contributed by atoms with Crippen LogP contribution in [0.4, 0.5) is 33.3 Å². The number of anilines is 2. The molecule has 3 rings (SSSR count). The van der Waals surface area contributed by atoms with Crippen molar-refractivity contribution in [1.82, 2.24) is 16.0 Å². The van der Waals surface area contributed by atoms with Gasteiger partial charge in [0.1, 0.15) is 11.4 Å². The zero-order valence-electron chi connectivity index (χ0n) is 42.7. The normalized spacial score (nSPS) is 13.3. The summed E-state index contributed by atoms with van der Waals surface area (Å²) in [7, 11) is 3.22. The van der Waals surface area contributed by atoms with Crippen LogP contribution in [0.1, 0.15) is 68.9 Å². The number of aliphatic hydroxyl groups is 2. The van der Waals surface area contributed by atoms with Gasteiger partial charge in [-0.25, -0.2) is 18.0 Å². The lowest BCUT2D eigenvalue weighted by Crippen LogP contribution is -2.43. The predicted octanol–water partition coefficient (Wildman–Crippen LogP) is 2.58. The van der Waals surface area contributed by atoms with E-state index in [-0.39, 0.29) is 88.8 Å². The molecule has 76 heavy (non-hydrogen) atoms. The number of carbonyl (C=O) groups is 3. The highest BCUT2D eigenvalue weighted by atomic mass is 19.2. The fourth-order valence-electron chi connectivity index (χ4n) is 7.03. The van der Waals surface area contributed by atoms with Crippen LogP contribution in [-0.2, 0) is 49.2 Å². The molecule has 0 aliphatic carbocycles. The van der Waals surface area contributed by atoms with Crippen LogP contribution in [0.3, 0.4) is 0 Å². The summed E-state index contributed by atoms with van der Waals surface area (Å²) < 4.78 is 103. The molecule has 0 radical (unpaired) electrons. The molecule has 3 aromatic rings. The highest BCUT2D eigenvalue weighted by molar-refractivity contribution is 5.79. The third-order valence-electron chi connectivity index (χ3n) is 11.4. The number of nitrogens with two attached hydrogens (primary N) is 1. The summed E-state index contributed by atoms with van der Waals surface area (Å²) >= 11 is 0. The number of carboxylic acid groups (broad SMARTS) is 1. The van der Waals surface area contributed by atoms with E-state index in [0.29, 0.717) is 83.9 Å². The molecule has 21 nitrogen and oxygen atoms in total. The lowest BCUT2D eigenvalue weighted by molar-refractivity contribution is -0.227. The molecule has 3 atom stereocenters. The van der Waals surface area contributed by atoms with Gasteiger partial charge in [0.2, 0.25) is 40.7 Å². The molecule has 0 aliphatic heterocycles. The van der Waals surface area contributed by atoms with Crippen LogP contribution in [0.2, 0.25) is 0 Å². The standard InChI is InChI=1S/C50H71F5N6O15/c1-57-34(13-15-50(69,49(67)68)75-19-6-4-3-5-16-59-44-45(47(66)46(44)65)60-18-21-70-2)11-12-35(62)30-61-37(63)29-32-7-9-33(10-8-32)36(56)31-58-17-22-72-24-26-74-28-27-73-25-23-71-20-14-38(64)76-48-42(54)40(52)39(51)41(53)43(48)55/h7-10,31,34-35,57-60,62,69H,3-6,11-30,56H2,1-2H3,(H,61,63)(H,67,68)/b36-31-/t34?,35?,50-/m0/s1. The summed E-state index contributed by atoms with van der Waals surface area (Å²) in [5, 5.41) is 45.8. The number of hydrogen-bond donors (Lipinski definition) is 9. The molecule has 10 N–H and O–H groups in total. The molecule has 0 heterocycles. The lowest BCUT2D eigenvalue weighted by Gasteiger charge is -2.26. The van der Waals surface area contributed by atoms with Gasteiger partial charge in [-0.05, 0) is 50.3 Å². The first-order valence-corrected chi connectivity index (χ1v) is 24.8. The van der Waals surface area contributed by atoms with Crippen LogP contribution >= 0.6 is 0 Å². The molecule has 0 aliphatic rings. The summed E-state index contributed by atoms with van der Waals surface area (Å²) in [5.74, 6) is -18.5. The number of amides is 1. The number of halogens is 5. The molecule has 0 bridgehead atoms. The molecule has 26 heteroatoms. The largest absolute Gasteiger partial charge is 0.477 e. The number of esters is 1. The van der Waals surface area contributed by atoms with Crippen molar-refractivity contribution in [1.29, 1.82) is 0 Å². The van der Waals surface area contributed by atoms with Crippen molar-refractivity contribution in [2.24, 2.45) is 5.73 Å². The number of carbonyl (C=O) groups excluding carboxylic acids is 2. The smallest absolute Gasteiger partial charge is 0.364 e. The van der Waals surface area contributed by atoms with E-state index in [1.54, 1.807) is 37.5 Å². The number of benzene rings is 2. The Kier molecular flexibility index (Phi) is 30.1. The Morgan fingerprint density at radius 2 is 1.28 bits per heavy atom. The number of aliphatic carboxylic acids is 1. The highest BCUT2D eigenvalue weighted by Gasteiger charge is 2.37. The molecule has 0 saturated heterocycles. The van der Waals surface area contributed by atoms with Crippen molar-refractivity contribution in [2.45, 2.75) is 82.1 Å². The van der Waals surface area contributed by atoms with Gasteiger partial charge in [-0.15, -0.1) is 0 Å². The number of rotatable bonds is 43. The fraction of sp³-hybridized carbons (Fsp3) is 0.580. The van der Waals surface area contributed by atoms with Crippen LogP contribution < -0.4 is 47.9 Å². The Morgan fingerprint density at radius 1 is 0.711 bits per heavy atom. The maximum Gasteiger partial charge on any atom is 0.364 e. The van der Waals surface area contributed by atoms with Crippen molar-refractivity contribution in [3.63, 3.8) is 0 Å². The SMILES string of the molecule is CNC(CCC(O)CNC(=O)Cc1ccc(/C(N)=C/NCCOCCOCCOCCOCCC(=O)Oc2c(F)c(F)c(F)c(F)c2F)cc1)CC[C@](O)(OCCCCCCNc1c(NCCOC)c(=O)c1=O)C(=O)O. The van der Waals surface area contributed by atoms with Crippen LogP contribution in [0, 0.1) is 29.1 Å². The van der Waals surface area contributed by atoms with Crippen molar-refractivity contribution < 1.29 is 84.8 Å². The molecule has 426 valence electrons. The first-order chi connectivity index (χ1) is 36.4. The Bertz CT molecular complexity index is 2320. The Morgan fingerprint density at radius 3 is 1.87 bits per heavy atom. The van der Waals surface area contributed by atoms with Crippen molar-refractivity contribution in [3.05, 3.63) is 91.1 Å². The fourth-order valence-corrected chi connectivity index (χ4v) is 7.03. The zero-order valence-corrected chi connectivity index (χ0v) is 42.7. The third-order valence-corrected chi connectivity index (χ3v) is 11.4. The minimum atomic E-state index is -2.39. The highest BCUT2D eigenvalue weighted by Crippen LogP contribution is 2.29. The van der Waals surface area contributed by atoms with Crippen LogP contribution in [-0.4, -0.2) is 158 Å². The minimum Gasteiger partial charge on any atom is -0.477 e. The minimum absolute atomic E-state index is 0.00719. The van der Waals surface area contributed by atoms with Crippen molar-refractivity contribution in [2.75, 3.05) is 117 Å². The number of carboxylic acids is 1. The van der Waals surface area contributed by atoms with Gasteiger partial charge >= 0.3 is 11.9 Å². The van der Waals surface area contributed by atoms with Gasteiger partial charge in [-0.3, -0.25) is 19.2 Å². The molecule has 2 unspecified atom stereocenters. The molecule has 0 fully saturated rings. The van der Waals surface area contributed by atoms with Gasteiger partial charge in [0.15, 0.2) is 0 Å². The van der Waals surface area contributed by atoms with Crippen LogP contribution in [0.25, 0.3) is 5.70 Å². The number of unbranched alkanes of at least 4 members (excludes halogenated alkanes) is 3. The second-order valence-electron chi connectivity index (χ2n) is 17.2. The quantitative estimate of drug-likeness (QED) is 0.00575. The molecular weight excluding hydrogens is 1020 g/mol. The van der Waals surface area contributed by atoms with E-state index >= 15 is 0 Å². The van der Waals surface area contributed by atoms with Gasteiger partial charge in [-0.1, -0.05) is 37.1 Å². The van der Waals surface area contributed by atoms with E-state index in [2.05, 4.69) is 31.3 Å². The first kappa shape index (κ1) is 64.4. The maximum atomic E-state index is 13.6. The summed E-state index contributed by atoms with van der Waals surface area (Å²) in [6, 6.07) is 6.84. The summed E-state index contributed by atoms with van der Waals surface area (Å²) in [5.41, 5.74) is 7.50. The second kappa shape index (κ2) is 35.5. The van der Waals surface area contributed by atoms with Gasteiger partial charge < -0.3 is 80.8 Å². The second-order valence-corrected chi connectivity index (χ2v) is 17.2. The maximum absolute atomic E-state index is 13.6. The molecule has 0 spiro atoms. The Labute approximate surface area is 436 Å². The average molecular weight is 1090 g/mol. The first-order valence-electron chi connectivity index (χ1n) is 24.8. The number of aliphatic hydroxyl groups excluding tert-OH is 1. The number of hydrogen-bond acceptors (Lipinski definition) is 19. The summed E-state index contributed by atoms with van der Waals surface area (Å²) in [4.78, 5) is 60.0. The van der Waals surface area contributed by atoms with Gasteiger partial charge in [0.25, 0.3) is 16.6 Å². The van der Waals surface area contributed by atoms with Crippen LogP contribution in [0.15, 0.2) is 40.1 Å². The van der Waals surface area contributed by atoms with Crippen LogP contribution in [0.5, 0.6) is 5.75 Å². The van der Waals surface area contributed by atoms with Gasteiger partial charge in [0, 0.05) is 52.0 Å². The van der Waals surface area contributed by atoms with Crippen molar-refractivity contribution >= 4 is 34.9 Å². The van der Waals surface area contributed by atoms with E-state index in [9.17, 15) is 61.2 Å². The van der Waals surface area contributed by atoms with E-state index in [1.165, 1.54) is 7.11 Å². The molecule has 0 saturated carbocycles. The van der Waals surface area contributed by atoms with E-state index in [0.717, 1.165) is 17.5 Å². The zero-order chi connectivity index (χ0) is 55.9. The Balaban J connectivity index is 1.17. The summed E-state index contributed by atoms with van der Waals surface area (Å²) in [6.07, 6.45) is 3.69. The lowest BCUT2D eigenvalue weighted by atomic mass is 9.99. The molecule has 3 aromatic carbocycles. The van der Waals surface area contributed by atoms with Gasteiger partial charge in [0.05, 0.1) is 90.7 Å². The number of nitrogens with one attached hydrogen (secondary N) is 5. The predicted molar refractivity (Wildman–Crippen MR) is 268 cm³/mol. The molecular formula is C50H71F5N6O15. The van der Waals surface area contributed by atoms with E-state index in [1.807, 2.05) is 0 Å². The average Bonchev–Trinajstić information content (AvgIpc) is 3.41. The summed E-state index contributed by atoms with van der Waals surface area (Å²) in [6.45, 7) is 3.09. The van der Waals surface area contributed by atoms with E-state index in [4.69, 9.17) is 34.2 Å². The number of ether oxygens (including phenoxy) is 7. The van der Waals surface area contributed by atoms with Crippen molar-refractivity contribution in [3.8, 4) is 5.75 Å². The monoisotopic (exact) mass is 1090 g/mol. The number of methoxy groups -OCH3 is 1. The topological polar surface area (TPSA) is 297 Å². The third kappa shape index (κ3) is 22.8. The molecule has 0 aromatic heterocycles. The molecule has 1 amide bonds. The Hall–Kier alpha value is -5.84. The van der Waals surface area contributed by atoms with Gasteiger partial charge in [-0.2, -0.15) is 8.78 Å². The van der Waals surface area contributed by atoms with E-state index < -0.39 is 75.9 Å².